The maximum absolute atomic E-state index is 11.6. The lowest BCUT2D eigenvalue weighted by atomic mass is 10.2. The van der Waals surface area contributed by atoms with Crippen molar-refractivity contribution < 1.29 is 4.79 Å². The number of hydrogen-bond acceptors (Lipinski definition) is 3. The van der Waals surface area contributed by atoms with Gasteiger partial charge in [-0.05, 0) is 36.8 Å². The Hall–Kier alpha value is -2.56. The molecule has 5 nitrogen and oxygen atoms in total. The molecule has 2 aromatic rings. The standard InChI is InChI=1S/C15H18N4O/c1-12-5-3-6-13(9-12)16-11-15(20)18-17-10-14-7-4-8-19(14)2/h3-10,16H,11H2,1-2H3,(H,18,20)/b17-10+. The number of nitrogens with one attached hydrogen (secondary N) is 2. The third kappa shape index (κ3) is 3.98. The van der Waals surface area contributed by atoms with Crippen molar-refractivity contribution in [3.05, 3.63) is 53.9 Å². The first-order valence-electron chi connectivity index (χ1n) is 6.39. The molecule has 0 aliphatic heterocycles. The monoisotopic (exact) mass is 270 g/mol. The maximum Gasteiger partial charge on any atom is 0.259 e. The zero-order chi connectivity index (χ0) is 14.4. The van der Waals surface area contributed by atoms with E-state index in [1.165, 1.54) is 0 Å². The Labute approximate surface area is 118 Å². The number of aryl methyl sites for hydroxylation is 2. The van der Waals surface area contributed by atoms with Gasteiger partial charge >= 0.3 is 0 Å². The number of amides is 1. The van der Waals surface area contributed by atoms with E-state index >= 15 is 0 Å². The molecule has 1 aromatic carbocycles. The summed E-state index contributed by atoms with van der Waals surface area (Å²) in [6, 6.07) is 11.7. The summed E-state index contributed by atoms with van der Waals surface area (Å²) in [5.74, 6) is -0.183. The van der Waals surface area contributed by atoms with Crippen LogP contribution in [0.5, 0.6) is 0 Å². The molecule has 0 fully saturated rings. The van der Waals surface area contributed by atoms with E-state index in [2.05, 4.69) is 15.8 Å². The van der Waals surface area contributed by atoms with Gasteiger partial charge in [-0.15, -0.1) is 0 Å². The molecule has 2 N–H and O–H groups in total. The Morgan fingerprint density at radius 3 is 2.90 bits per heavy atom. The third-order valence-electron chi connectivity index (χ3n) is 2.84. The van der Waals surface area contributed by atoms with Crippen molar-refractivity contribution in [2.45, 2.75) is 6.92 Å². The highest BCUT2D eigenvalue weighted by Crippen LogP contribution is 2.08. The highest BCUT2D eigenvalue weighted by Gasteiger charge is 1.99. The van der Waals surface area contributed by atoms with Crippen LogP contribution in [0.25, 0.3) is 0 Å². The number of carbonyl (C=O) groups excluding carboxylic acids is 1. The predicted octanol–water partition coefficient (Wildman–Crippen LogP) is 1.90. The summed E-state index contributed by atoms with van der Waals surface area (Å²) in [7, 11) is 1.92. The fraction of sp³-hybridized carbons (Fsp3) is 0.200. The number of rotatable bonds is 5. The van der Waals surface area contributed by atoms with Gasteiger partial charge in [0.15, 0.2) is 0 Å². The van der Waals surface area contributed by atoms with Crippen molar-refractivity contribution in [3.8, 4) is 0 Å². The fourth-order valence-corrected chi connectivity index (χ4v) is 1.76. The van der Waals surface area contributed by atoms with E-state index in [1.54, 1.807) is 6.21 Å². The number of anilines is 1. The van der Waals surface area contributed by atoms with Crippen molar-refractivity contribution in [3.63, 3.8) is 0 Å². The molecule has 0 aliphatic rings. The minimum atomic E-state index is -0.183. The molecule has 0 bridgehead atoms. The van der Waals surface area contributed by atoms with Crippen LogP contribution in [-0.2, 0) is 11.8 Å². The molecule has 0 aliphatic carbocycles. The molecule has 0 spiro atoms. The van der Waals surface area contributed by atoms with Gasteiger partial charge in [0.25, 0.3) is 5.91 Å². The summed E-state index contributed by atoms with van der Waals surface area (Å²) < 4.78 is 1.92. The van der Waals surface area contributed by atoms with Gasteiger partial charge in [0, 0.05) is 18.9 Å². The van der Waals surface area contributed by atoms with Gasteiger partial charge in [0.2, 0.25) is 0 Å². The number of benzene rings is 1. The van der Waals surface area contributed by atoms with Crippen LogP contribution in [0, 0.1) is 6.92 Å². The van der Waals surface area contributed by atoms with Crippen LogP contribution in [0.3, 0.4) is 0 Å². The van der Waals surface area contributed by atoms with Gasteiger partial charge in [0.1, 0.15) is 0 Å². The van der Waals surface area contributed by atoms with Crippen LogP contribution < -0.4 is 10.7 Å². The molecule has 0 unspecified atom stereocenters. The Kier molecular flexibility index (Phi) is 4.55. The van der Waals surface area contributed by atoms with Crippen molar-refractivity contribution in [1.82, 2.24) is 9.99 Å². The highest BCUT2D eigenvalue weighted by molar-refractivity contribution is 5.83. The smallest absolute Gasteiger partial charge is 0.259 e. The summed E-state index contributed by atoms with van der Waals surface area (Å²) in [5.41, 5.74) is 5.49. The first-order chi connectivity index (χ1) is 9.65. The Morgan fingerprint density at radius 1 is 1.35 bits per heavy atom. The molecule has 104 valence electrons. The molecular formula is C15H18N4O. The average molecular weight is 270 g/mol. The van der Waals surface area contributed by atoms with Crippen LogP contribution in [0.2, 0.25) is 0 Å². The van der Waals surface area contributed by atoms with Gasteiger partial charge in [-0.3, -0.25) is 4.79 Å². The van der Waals surface area contributed by atoms with Crippen molar-refractivity contribution in [1.29, 1.82) is 0 Å². The predicted molar refractivity (Wildman–Crippen MR) is 80.8 cm³/mol. The molecule has 2 rings (SSSR count). The summed E-state index contributed by atoms with van der Waals surface area (Å²) in [4.78, 5) is 11.6. The zero-order valence-electron chi connectivity index (χ0n) is 11.6. The van der Waals surface area contributed by atoms with E-state index < -0.39 is 0 Å². The largest absolute Gasteiger partial charge is 0.376 e. The van der Waals surface area contributed by atoms with Crippen molar-refractivity contribution in [2.24, 2.45) is 12.1 Å². The summed E-state index contributed by atoms with van der Waals surface area (Å²) in [6.07, 6.45) is 3.53. The van der Waals surface area contributed by atoms with Crippen molar-refractivity contribution in [2.75, 3.05) is 11.9 Å². The number of hydrogen-bond donors (Lipinski definition) is 2. The van der Waals surface area contributed by atoms with Crippen LogP contribution >= 0.6 is 0 Å². The van der Waals surface area contributed by atoms with E-state index in [0.717, 1.165) is 16.9 Å². The number of nitrogens with zero attached hydrogens (tertiary/aromatic N) is 2. The summed E-state index contributed by atoms with van der Waals surface area (Å²) in [6.45, 7) is 2.20. The molecule has 0 saturated heterocycles. The number of aromatic nitrogens is 1. The quantitative estimate of drug-likeness (QED) is 0.644. The Morgan fingerprint density at radius 2 is 2.20 bits per heavy atom. The molecule has 0 radical (unpaired) electrons. The molecular weight excluding hydrogens is 252 g/mol. The van der Waals surface area contributed by atoms with Gasteiger partial charge in [-0.25, -0.2) is 5.43 Å². The molecule has 0 atom stereocenters. The molecule has 0 saturated carbocycles. The number of hydrazone groups is 1. The van der Waals surface area contributed by atoms with E-state index in [9.17, 15) is 4.79 Å². The first kappa shape index (κ1) is 13.9. The molecule has 1 heterocycles. The second-order valence-electron chi connectivity index (χ2n) is 4.56. The lowest BCUT2D eigenvalue weighted by Gasteiger charge is -2.05. The normalized spacial score (nSPS) is 10.7. The topological polar surface area (TPSA) is 58.4 Å². The number of carbonyl (C=O) groups is 1. The minimum absolute atomic E-state index is 0.183. The van der Waals surface area contributed by atoms with Gasteiger partial charge in [-0.1, -0.05) is 12.1 Å². The Bertz CT molecular complexity index is 616. The van der Waals surface area contributed by atoms with E-state index in [1.807, 2.05) is 61.1 Å². The second kappa shape index (κ2) is 6.56. The molecule has 20 heavy (non-hydrogen) atoms. The van der Waals surface area contributed by atoms with Crippen LogP contribution in [0.4, 0.5) is 5.69 Å². The second-order valence-corrected chi connectivity index (χ2v) is 4.56. The van der Waals surface area contributed by atoms with Gasteiger partial charge < -0.3 is 9.88 Å². The van der Waals surface area contributed by atoms with Gasteiger partial charge in [-0.2, -0.15) is 5.10 Å². The van der Waals surface area contributed by atoms with Crippen molar-refractivity contribution >= 4 is 17.8 Å². The third-order valence-corrected chi connectivity index (χ3v) is 2.84. The SMILES string of the molecule is Cc1cccc(NCC(=O)N/N=C/c2cccn2C)c1. The maximum atomic E-state index is 11.6. The molecule has 1 aromatic heterocycles. The minimum Gasteiger partial charge on any atom is -0.376 e. The summed E-state index contributed by atoms with van der Waals surface area (Å²) in [5, 5.41) is 6.97. The lowest BCUT2D eigenvalue weighted by molar-refractivity contribution is -0.119. The molecule has 1 amide bonds. The zero-order valence-corrected chi connectivity index (χ0v) is 11.6. The first-order valence-corrected chi connectivity index (χ1v) is 6.39. The highest BCUT2D eigenvalue weighted by atomic mass is 16.2. The van der Waals surface area contributed by atoms with Gasteiger partial charge in [0.05, 0.1) is 18.5 Å². The van der Waals surface area contributed by atoms with E-state index in [4.69, 9.17) is 0 Å². The summed E-state index contributed by atoms with van der Waals surface area (Å²) >= 11 is 0. The van der Waals surface area contributed by atoms with Crippen LogP contribution in [0.1, 0.15) is 11.3 Å². The average Bonchev–Trinajstić information content (AvgIpc) is 2.82. The van der Waals surface area contributed by atoms with E-state index in [-0.39, 0.29) is 12.5 Å². The van der Waals surface area contributed by atoms with E-state index in [0.29, 0.717) is 0 Å². The Balaban J connectivity index is 1.79. The van der Waals surface area contributed by atoms with Crippen LogP contribution in [-0.4, -0.2) is 23.2 Å². The molecule has 5 heteroatoms. The fourth-order valence-electron chi connectivity index (χ4n) is 1.76. The lowest BCUT2D eigenvalue weighted by Crippen LogP contribution is -2.26. The van der Waals surface area contributed by atoms with Crippen LogP contribution in [0.15, 0.2) is 47.7 Å².